The van der Waals surface area contributed by atoms with Crippen molar-refractivity contribution < 1.29 is 8.42 Å². The Morgan fingerprint density at radius 3 is 2.73 bits per heavy atom. The topological polar surface area (TPSA) is 58.2 Å². The van der Waals surface area contributed by atoms with Crippen molar-refractivity contribution >= 4 is 10.0 Å². The second-order valence-corrected chi connectivity index (χ2v) is 6.16. The molecule has 1 saturated heterocycles. The smallest absolute Gasteiger partial charge is 0.215 e. The van der Waals surface area contributed by atoms with Crippen LogP contribution in [0.5, 0.6) is 0 Å². The average molecular weight is 234 g/mol. The molecule has 1 rings (SSSR count). The van der Waals surface area contributed by atoms with Crippen molar-refractivity contribution in [3.8, 4) is 0 Å². The van der Waals surface area contributed by atoms with Crippen LogP contribution in [0.2, 0.25) is 0 Å². The largest absolute Gasteiger partial charge is 0.315 e. The first kappa shape index (κ1) is 12.9. The summed E-state index contributed by atoms with van der Waals surface area (Å²) in [5, 5.41) is 2.85. The van der Waals surface area contributed by atoms with Gasteiger partial charge in [0.1, 0.15) is 0 Å². The Hall–Kier alpha value is -0.130. The summed E-state index contributed by atoms with van der Waals surface area (Å²) in [6, 6.07) is 0. The molecule has 1 atom stereocenters. The van der Waals surface area contributed by atoms with Gasteiger partial charge in [-0.2, -0.15) is 0 Å². The van der Waals surface area contributed by atoms with E-state index < -0.39 is 10.0 Å². The second-order valence-electron chi connectivity index (χ2n) is 4.11. The van der Waals surface area contributed by atoms with Crippen LogP contribution in [0.3, 0.4) is 0 Å². The third kappa shape index (κ3) is 4.49. The zero-order valence-corrected chi connectivity index (χ0v) is 10.3. The number of sulfonamides is 1. The van der Waals surface area contributed by atoms with E-state index in [-0.39, 0.29) is 5.25 Å². The minimum atomic E-state index is -3.06. The van der Waals surface area contributed by atoms with E-state index in [1.807, 2.05) is 0 Å². The average Bonchev–Trinajstić information content (AvgIpc) is 2.70. The molecule has 1 fully saturated rings. The molecule has 0 aliphatic carbocycles. The van der Waals surface area contributed by atoms with Crippen LogP contribution >= 0.6 is 0 Å². The van der Waals surface area contributed by atoms with Gasteiger partial charge in [0.15, 0.2) is 0 Å². The maximum Gasteiger partial charge on any atom is 0.215 e. The lowest BCUT2D eigenvalue weighted by Gasteiger charge is -2.11. The minimum absolute atomic E-state index is 0.219. The fraction of sp³-hybridized carbons (Fsp3) is 1.00. The Labute approximate surface area is 92.9 Å². The Kier molecular flexibility index (Phi) is 5.56. The van der Waals surface area contributed by atoms with Gasteiger partial charge in [0, 0.05) is 13.1 Å². The van der Waals surface area contributed by atoms with Gasteiger partial charge in [-0.05, 0) is 19.4 Å². The van der Waals surface area contributed by atoms with E-state index in [0.717, 1.165) is 25.8 Å². The molecule has 1 unspecified atom stereocenters. The van der Waals surface area contributed by atoms with Gasteiger partial charge in [0.25, 0.3) is 0 Å². The molecule has 0 amide bonds. The van der Waals surface area contributed by atoms with E-state index in [0.29, 0.717) is 13.1 Å². The summed E-state index contributed by atoms with van der Waals surface area (Å²) in [5.74, 6) is 0. The van der Waals surface area contributed by atoms with Crippen LogP contribution in [0.4, 0.5) is 0 Å². The Morgan fingerprint density at radius 2 is 2.13 bits per heavy atom. The first-order valence-electron chi connectivity index (χ1n) is 5.86. The predicted molar refractivity (Wildman–Crippen MR) is 62.3 cm³/mol. The molecular formula is C10H22N2O2S. The summed E-state index contributed by atoms with van der Waals surface area (Å²) in [6.07, 6.45) is 5.17. The van der Waals surface area contributed by atoms with Gasteiger partial charge in [0.2, 0.25) is 10.0 Å². The summed E-state index contributed by atoms with van der Waals surface area (Å²) >= 11 is 0. The molecule has 0 aromatic carbocycles. The first-order chi connectivity index (χ1) is 7.17. The van der Waals surface area contributed by atoms with Crippen molar-refractivity contribution in [2.24, 2.45) is 0 Å². The van der Waals surface area contributed by atoms with E-state index in [1.165, 1.54) is 12.8 Å². The molecule has 1 aliphatic heterocycles. The molecule has 15 heavy (non-hydrogen) atoms. The number of unbranched alkanes of at least 4 members (excludes halogenated alkanes) is 3. The van der Waals surface area contributed by atoms with Gasteiger partial charge >= 0.3 is 0 Å². The highest BCUT2D eigenvalue weighted by molar-refractivity contribution is 7.90. The summed E-state index contributed by atoms with van der Waals surface area (Å²) < 4.78 is 26.1. The van der Waals surface area contributed by atoms with Crippen molar-refractivity contribution in [3.05, 3.63) is 0 Å². The summed E-state index contributed by atoms with van der Waals surface area (Å²) in [7, 11) is -3.06. The van der Waals surface area contributed by atoms with Crippen LogP contribution in [0.15, 0.2) is 0 Å². The standard InChI is InChI=1S/C10H22N2O2S/c1-2-3-4-5-7-12-15(13,14)10-6-8-11-9-10/h10-12H,2-9H2,1H3. The van der Waals surface area contributed by atoms with Crippen molar-refractivity contribution in [2.75, 3.05) is 19.6 Å². The fourth-order valence-corrected chi connectivity index (χ4v) is 3.21. The predicted octanol–water partition coefficient (Wildman–Crippen LogP) is 0.848. The van der Waals surface area contributed by atoms with Crippen LogP contribution in [-0.4, -0.2) is 33.3 Å². The minimum Gasteiger partial charge on any atom is -0.315 e. The molecule has 0 bridgehead atoms. The van der Waals surface area contributed by atoms with Crippen molar-refractivity contribution in [2.45, 2.75) is 44.3 Å². The van der Waals surface area contributed by atoms with E-state index in [4.69, 9.17) is 0 Å². The molecule has 4 nitrogen and oxygen atoms in total. The maximum absolute atomic E-state index is 11.7. The van der Waals surface area contributed by atoms with Crippen LogP contribution < -0.4 is 10.0 Å². The molecule has 0 spiro atoms. The zero-order valence-electron chi connectivity index (χ0n) is 9.46. The molecule has 1 aliphatic rings. The SMILES string of the molecule is CCCCCCNS(=O)(=O)C1CCNC1. The quantitative estimate of drug-likeness (QED) is 0.642. The van der Waals surface area contributed by atoms with Crippen LogP contribution in [-0.2, 0) is 10.0 Å². The highest BCUT2D eigenvalue weighted by Gasteiger charge is 2.27. The summed E-state index contributed by atoms with van der Waals surface area (Å²) in [5.41, 5.74) is 0. The van der Waals surface area contributed by atoms with Gasteiger partial charge in [-0.25, -0.2) is 13.1 Å². The Morgan fingerprint density at radius 1 is 1.33 bits per heavy atom. The lowest BCUT2D eigenvalue weighted by atomic mass is 10.2. The summed E-state index contributed by atoms with van der Waals surface area (Å²) in [6.45, 7) is 4.17. The van der Waals surface area contributed by atoms with Gasteiger partial charge < -0.3 is 5.32 Å². The molecule has 90 valence electrons. The number of hydrogen-bond acceptors (Lipinski definition) is 3. The second kappa shape index (κ2) is 6.45. The number of hydrogen-bond donors (Lipinski definition) is 2. The van der Waals surface area contributed by atoms with Crippen LogP contribution in [0.25, 0.3) is 0 Å². The molecule has 5 heteroatoms. The van der Waals surface area contributed by atoms with Crippen molar-refractivity contribution in [3.63, 3.8) is 0 Å². The van der Waals surface area contributed by atoms with Crippen LogP contribution in [0.1, 0.15) is 39.0 Å². The van der Waals surface area contributed by atoms with E-state index in [1.54, 1.807) is 0 Å². The van der Waals surface area contributed by atoms with Crippen molar-refractivity contribution in [1.82, 2.24) is 10.0 Å². The molecule has 0 saturated carbocycles. The highest BCUT2D eigenvalue weighted by Crippen LogP contribution is 2.08. The molecule has 0 aromatic rings. The fourth-order valence-electron chi connectivity index (χ4n) is 1.78. The normalized spacial score (nSPS) is 22.1. The van der Waals surface area contributed by atoms with E-state index in [9.17, 15) is 8.42 Å². The lowest BCUT2D eigenvalue weighted by molar-refractivity contribution is 0.561. The number of rotatable bonds is 7. The maximum atomic E-state index is 11.7. The molecule has 2 N–H and O–H groups in total. The number of nitrogens with one attached hydrogen (secondary N) is 2. The highest BCUT2D eigenvalue weighted by atomic mass is 32.2. The van der Waals surface area contributed by atoms with Gasteiger partial charge in [-0.15, -0.1) is 0 Å². The summed E-state index contributed by atoms with van der Waals surface area (Å²) in [4.78, 5) is 0. The van der Waals surface area contributed by atoms with Crippen LogP contribution in [0, 0.1) is 0 Å². The molecular weight excluding hydrogens is 212 g/mol. The molecule has 0 radical (unpaired) electrons. The van der Waals surface area contributed by atoms with E-state index >= 15 is 0 Å². The van der Waals surface area contributed by atoms with Crippen molar-refractivity contribution in [1.29, 1.82) is 0 Å². The third-order valence-corrected chi connectivity index (χ3v) is 4.67. The van der Waals surface area contributed by atoms with E-state index in [2.05, 4.69) is 17.0 Å². The lowest BCUT2D eigenvalue weighted by Crippen LogP contribution is -2.36. The Bertz CT molecular complexity index is 259. The van der Waals surface area contributed by atoms with Gasteiger partial charge in [0.05, 0.1) is 5.25 Å². The third-order valence-electron chi connectivity index (χ3n) is 2.79. The Balaban J connectivity index is 2.18. The molecule has 1 heterocycles. The monoisotopic (exact) mass is 234 g/mol. The van der Waals surface area contributed by atoms with Gasteiger partial charge in [-0.1, -0.05) is 26.2 Å². The zero-order chi connectivity index (χ0) is 11.1. The molecule has 0 aromatic heterocycles. The first-order valence-corrected chi connectivity index (χ1v) is 7.40. The van der Waals surface area contributed by atoms with Gasteiger partial charge in [-0.3, -0.25) is 0 Å².